The molecule has 0 radical (unpaired) electrons. The zero-order chi connectivity index (χ0) is 16.2. The van der Waals surface area contributed by atoms with Crippen LogP contribution >= 0.6 is 15.9 Å². The number of nitrogens with zero attached hydrogens (tertiary/aromatic N) is 3. The molecule has 0 spiro atoms. The number of nitro groups is 1. The molecule has 0 aliphatic heterocycles. The van der Waals surface area contributed by atoms with E-state index < -0.39 is 4.92 Å². The van der Waals surface area contributed by atoms with E-state index in [9.17, 15) is 10.1 Å². The summed E-state index contributed by atoms with van der Waals surface area (Å²) >= 11 is 3.37. The molecule has 2 aromatic carbocycles. The van der Waals surface area contributed by atoms with Gasteiger partial charge in [0.1, 0.15) is 0 Å². The summed E-state index contributed by atoms with van der Waals surface area (Å²) in [5.74, 6) is 0.810. The molecule has 0 atom stereocenters. The standard InChI is InChI=1S/C15H10BrN3O4/c16-11-5-3-4-10(8-11)15-17-14(23-18-15)9-22-13-7-2-1-6-12(13)19(20)21/h1-8H,9H2. The third kappa shape index (κ3) is 3.54. The van der Waals surface area contributed by atoms with Gasteiger partial charge in [-0.3, -0.25) is 10.1 Å². The van der Waals surface area contributed by atoms with E-state index in [0.29, 0.717) is 5.82 Å². The SMILES string of the molecule is O=[N+]([O-])c1ccccc1OCc1nc(-c2cccc(Br)c2)no1. The molecule has 7 nitrogen and oxygen atoms in total. The highest BCUT2D eigenvalue weighted by Crippen LogP contribution is 2.27. The van der Waals surface area contributed by atoms with Crippen LogP contribution in [-0.2, 0) is 6.61 Å². The molecule has 0 bridgehead atoms. The van der Waals surface area contributed by atoms with Gasteiger partial charge in [0, 0.05) is 16.1 Å². The zero-order valence-corrected chi connectivity index (χ0v) is 13.3. The van der Waals surface area contributed by atoms with Crippen LogP contribution < -0.4 is 4.74 Å². The van der Waals surface area contributed by atoms with Crippen LogP contribution in [0.25, 0.3) is 11.4 Å². The second-order valence-corrected chi connectivity index (χ2v) is 5.45. The fourth-order valence-electron chi connectivity index (χ4n) is 1.93. The minimum Gasteiger partial charge on any atom is -0.477 e. The van der Waals surface area contributed by atoms with Crippen LogP contribution in [-0.4, -0.2) is 15.1 Å². The maximum absolute atomic E-state index is 10.9. The molecule has 0 saturated carbocycles. The first kappa shape index (κ1) is 15.2. The van der Waals surface area contributed by atoms with Crippen molar-refractivity contribution >= 4 is 21.6 Å². The highest BCUT2D eigenvalue weighted by molar-refractivity contribution is 9.10. The number of para-hydroxylation sites is 2. The zero-order valence-electron chi connectivity index (χ0n) is 11.7. The predicted octanol–water partition coefficient (Wildman–Crippen LogP) is 3.99. The average molecular weight is 376 g/mol. The number of ether oxygens (including phenoxy) is 1. The van der Waals surface area contributed by atoms with Crippen LogP contribution in [0.2, 0.25) is 0 Å². The van der Waals surface area contributed by atoms with Crippen LogP contribution in [0.5, 0.6) is 5.75 Å². The van der Waals surface area contributed by atoms with Gasteiger partial charge in [0.15, 0.2) is 12.4 Å². The van der Waals surface area contributed by atoms with E-state index in [-0.39, 0.29) is 23.9 Å². The third-order valence-corrected chi connectivity index (χ3v) is 3.46. The molecule has 1 aromatic heterocycles. The summed E-state index contributed by atoms with van der Waals surface area (Å²) in [6.45, 7) is -0.0497. The lowest BCUT2D eigenvalue weighted by molar-refractivity contribution is -0.386. The van der Waals surface area contributed by atoms with Crippen molar-refractivity contribution in [2.45, 2.75) is 6.61 Å². The molecule has 0 saturated heterocycles. The molecule has 8 heteroatoms. The maximum Gasteiger partial charge on any atom is 0.310 e. The molecular formula is C15H10BrN3O4. The smallest absolute Gasteiger partial charge is 0.310 e. The van der Waals surface area contributed by atoms with Crippen LogP contribution in [0.3, 0.4) is 0 Å². The Morgan fingerprint density at radius 1 is 1.22 bits per heavy atom. The van der Waals surface area contributed by atoms with Crippen molar-refractivity contribution in [3.8, 4) is 17.1 Å². The number of aromatic nitrogens is 2. The Kier molecular flexibility index (Phi) is 4.33. The van der Waals surface area contributed by atoms with E-state index in [1.54, 1.807) is 12.1 Å². The minimum atomic E-state index is -0.504. The van der Waals surface area contributed by atoms with Gasteiger partial charge in [-0.05, 0) is 18.2 Å². The molecule has 3 aromatic rings. The van der Waals surface area contributed by atoms with E-state index in [4.69, 9.17) is 9.26 Å². The van der Waals surface area contributed by atoms with Gasteiger partial charge in [0.25, 0.3) is 5.89 Å². The number of hydrogen-bond donors (Lipinski definition) is 0. The monoisotopic (exact) mass is 375 g/mol. The molecule has 0 amide bonds. The van der Waals surface area contributed by atoms with E-state index >= 15 is 0 Å². The van der Waals surface area contributed by atoms with Gasteiger partial charge in [-0.25, -0.2) is 0 Å². The number of hydrogen-bond acceptors (Lipinski definition) is 6. The van der Waals surface area contributed by atoms with Crippen molar-refractivity contribution in [3.05, 3.63) is 69.0 Å². The molecule has 116 valence electrons. The third-order valence-electron chi connectivity index (χ3n) is 2.96. The van der Waals surface area contributed by atoms with E-state index in [0.717, 1.165) is 10.0 Å². The Morgan fingerprint density at radius 2 is 2.04 bits per heavy atom. The molecule has 0 fully saturated rings. The first-order valence-corrected chi connectivity index (χ1v) is 7.37. The summed E-state index contributed by atoms with van der Waals surface area (Å²) < 4.78 is 11.4. The largest absolute Gasteiger partial charge is 0.477 e. The first-order chi connectivity index (χ1) is 11.1. The molecule has 23 heavy (non-hydrogen) atoms. The highest BCUT2D eigenvalue weighted by Gasteiger charge is 2.15. The number of nitro benzene ring substituents is 1. The lowest BCUT2D eigenvalue weighted by Gasteiger charge is -2.03. The quantitative estimate of drug-likeness (QED) is 0.494. The van der Waals surface area contributed by atoms with Crippen LogP contribution in [0, 0.1) is 10.1 Å². The van der Waals surface area contributed by atoms with Gasteiger partial charge in [-0.2, -0.15) is 4.98 Å². The number of rotatable bonds is 5. The van der Waals surface area contributed by atoms with Gasteiger partial charge in [-0.15, -0.1) is 0 Å². The van der Waals surface area contributed by atoms with E-state index in [2.05, 4.69) is 26.1 Å². The summed E-state index contributed by atoms with van der Waals surface area (Å²) in [5, 5.41) is 14.8. The second kappa shape index (κ2) is 6.57. The van der Waals surface area contributed by atoms with E-state index in [1.807, 2.05) is 24.3 Å². The summed E-state index contributed by atoms with van der Waals surface area (Å²) in [6.07, 6.45) is 0. The van der Waals surface area contributed by atoms with Gasteiger partial charge in [0.05, 0.1) is 4.92 Å². The van der Waals surface area contributed by atoms with Crippen molar-refractivity contribution in [3.63, 3.8) is 0 Å². The van der Waals surface area contributed by atoms with Crippen molar-refractivity contribution < 1.29 is 14.2 Å². The summed E-state index contributed by atoms with van der Waals surface area (Å²) in [6, 6.07) is 13.6. The fourth-order valence-corrected chi connectivity index (χ4v) is 2.33. The fraction of sp³-hybridized carbons (Fsp3) is 0.0667. The summed E-state index contributed by atoms with van der Waals surface area (Å²) in [7, 11) is 0. The Balaban J connectivity index is 1.74. The molecule has 0 aliphatic carbocycles. The lowest BCUT2D eigenvalue weighted by Crippen LogP contribution is -1.99. The van der Waals surface area contributed by atoms with Gasteiger partial charge in [-0.1, -0.05) is 45.4 Å². The second-order valence-electron chi connectivity index (χ2n) is 4.54. The van der Waals surface area contributed by atoms with Crippen molar-refractivity contribution in [1.29, 1.82) is 0 Å². The lowest BCUT2D eigenvalue weighted by atomic mass is 10.2. The Labute approximate surface area is 139 Å². The number of halogens is 1. The van der Waals surface area contributed by atoms with Crippen LogP contribution in [0.4, 0.5) is 5.69 Å². The summed E-state index contributed by atoms with van der Waals surface area (Å²) in [4.78, 5) is 14.6. The first-order valence-electron chi connectivity index (χ1n) is 6.58. The Bertz CT molecular complexity index is 850. The molecule has 0 unspecified atom stereocenters. The molecular weight excluding hydrogens is 366 g/mol. The van der Waals surface area contributed by atoms with Gasteiger partial charge < -0.3 is 9.26 Å². The molecule has 0 N–H and O–H groups in total. The van der Waals surface area contributed by atoms with Crippen molar-refractivity contribution in [2.24, 2.45) is 0 Å². The highest BCUT2D eigenvalue weighted by atomic mass is 79.9. The van der Waals surface area contributed by atoms with Crippen molar-refractivity contribution in [1.82, 2.24) is 10.1 Å². The molecule has 1 heterocycles. The Hall–Kier alpha value is -2.74. The molecule has 0 aliphatic rings. The predicted molar refractivity (Wildman–Crippen MR) is 84.9 cm³/mol. The normalized spacial score (nSPS) is 10.5. The summed E-state index contributed by atoms with van der Waals surface area (Å²) in [5.41, 5.74) is 0.680. The van der Waals surface area contributed by atoms with Gasteiger partial charge in [0.2, 0.25) is 5.82 Å². The van der Waals surface area contributed by atoms with Gasteiger partial charge >= 0.3 is 5.69 Å². The topological polar surface area (TPSA) is 91.3 Å². The Morgan fingerprint density at radius 3 is 2.83 bits per heavy atom. The van der Waals surface area contributed by atoms with Crippen molar-refractivity contribution in [2.75, 3.05) is 0 Å². The van der Waals surface area contributed by atoms with Crippen LogP contribution in [0.15, 0.2) is 57.5 Å². The number of benzene rings is 2. The minimum absolute atomic E-state index is 0.0497. The van der Waals surface area contributed by atoms with Crippen LogP contribution in [0.1, 0.15) is 5.89 Å². The maximum atomic E-state index is 10.9. The molecule has 3 rings (SSSR count). The average Bonchev–Trinajstić information content (AvgIpc) is 3.02. The van der Waals surface area contributed by atoms with E-state index in [1.165, 1.54) is 12.1 Å².